The zero-order chi connectivity index (χ0) is 23.5. The van der Waals surface area contributed by atoms with E-state index in [-0.39, 0.29) is 22.7 Å². The Morgan fingerprint density at radius 1 is 1.34 bits per heavy atom. The number of carbonyl (C=O) groups excluding carboxylic acids is 2. The van der Waals surface area contributed by atoms with Crippen LogP contribution in [-0.2, 0) is 17.1 Å². The summed E-state index contributed by atoms with van der Waals surface area (Å²) < 4.78 is 41.0. The van der Waals surface area contributed by atoms with Gasteiger partial charge in [-0.05, 0) is 37.3 Å². The second-order valence-corrected chi connectivity index (χ2v) is 9.99. The highest BCUT2D eigenvalue weighted by atomic mass is 35.5. The first-order valence-electron chi connectivity index (χ1n) is 9.87. The Morgan fingerprint density at radius 2 is 2.09 bits per heavy atom. The number of rotatable bonds is 7. The number of sulfonamides is 1. The van der Waals surface area contributed by atoms with Gasteiger partial charge in [-0.1, -0.05) is 18.0 Å². The number of aromatic nitrogens is 2. The second kappa shape index (κ2) is 9.84. The summed E-state index contributed by atoms with van der Waals surface area (Å²) in [5.74, 6) is -2.46. The number of benzene rings is 1. The molecular weight excluding hydrogens is 463 g/mol. The molecule has 0 radical (unpaired) electrons. The summed E-state index contributed by atoms with van der Waals surface area (Å²) in [7, 11) is -2.16. The fraction of sp³-hybridized carbons (Fsp3) is 0.421. The molecule has 5 N–H and O–H groups in total. The molecule has 2 unspecified atom stereocenters. The van der Waals surface area contributed by atoms with E-state index in [9.17, 15) is 22.4 Å². The van der Waals surface area contributed by atoms with Crippen LogP contribution in [0.5, 0.6) is 0 Å². The molecule has 1 aromatic heterocycles. The van der Waals surface area contributed by atoms with Gasteiger partial charge < -0.3 is 15.6 Å². The Hall–Kier alpha value is -2.70. The summed E-state index contributed by atoms with van der Waals surface area (Å²) in [6, 6.07) is 1.73. The van der Waals surface area contributed by atoms with Crippen molar-refractivity contribution in [1.29, 1.82) is 0 Å². The van der Waals surface area contributed by atoms with E-state index < -0.39 is 33.3 Å². The van der Waals surface area contributed by atoms with E-state index in [4.69, 9.17) is 17.3 Å². The summed E-state index contributed by atoms with van der Waals surface area (Å²) in [5, 5.41) is 2.30. The van der Waals surface area contributed by atoms with Gasteiger partial charge in [0.1, 0.15) is 0 Å². The van der Waals surface area contributed by atoms with Crippen LogP contribution in [0.3, 0.4) is 0 Å². The number of urea groups is 1. The molecule has 1 heterocycles. The molecule has 2 atom stereocenters. The number of hydrazine groups is 1. The highest BCUT2D eigenvalue weighted by Crippen LogP contribution is 2.27. The molecule has 174 valence electrons. The number of nitrogens with one attached hydrogen (secondary N) is 3. The minimum atomic E-state index is -3.92. The SMILES string of the molecule is Cn1cnc(-c2cc(Cl)c(F)c(C(=O)NNS(=O)(=O)CC3CCCC(NC(N)=O)C3)c2)c1. The van der Waals surface area contributed by atoms with Crippen molar-refractivity contribution in [2.24, 2.45) is 18.7 Å². The topological polar surface area (TPSA) is 148 Å². The van der Waals surface area contributed by atoms with Gasteiger partial charge in [0.05, 0.1) is 28.4 Å². The first kappa shape index (κ1) is 24.0. The van der Waals surface area contributed by atoms with Crippen LogP contribution >= 0.6 is 11.6 Å². The largest absolute Gasteiger partial charge is 0.352 e. The Labute approximate surface area is 189 Å². The van der Waals surface area contributed by atoms with Crippen molar-refractivity contribution in [2.45, 2.75) is 31.7 Å². The highest BCUT2D eigenvalue weighted by Gasteiger charge is 2.27. The minimum Gasteiger partial charge on any atom is -0.352 e. The van der Waals surface area contributed by atoms with Crippen molar-refractivity contribution in [3.63, 3.8) is 0 Å². The van der Waals surface area contributed by atoms with E-state index in [1.165, 1.54) is 18.5 Å². The van der Waals surface area contributed by atoms with Crippen LogP contribution in [0.2, 0.25) is 5.02 Å². The van der Waals surface area contributed by atoms with Gasteiger partial charge in [-0.25, -0.2) is 22.6 Å². The van der Waals surface area contributed by atoms with Gasteiger partial charge in [0.25, 0.3) is 5.91 Å². The number of halogens is 2. The number of nitrogens with two attached hydrogens (primary N) is 1. The predicted octanol–water partition coefficient (Wildman–Crippen LogP) is 1.67. The molecule has 13 heteroatoms. The number of aryl methyl sites for hydroxylation is 1. The summed E-state index contributed by atoms with van der Waals surface area (Å²) in [6.07, 6.45) is 5.77. The van der Waals surface area contributed by atoms with Gasteiger partial charge in [-0.3, -0.25) is 10.2 Å². The molecule has 1 aromatic carbocycles. The third kappa shape index (κ3) is 6.17. The van der Waals surface area contributed by atoms with Crippen LogP contribution in [-0.4, -0.2) is 41.7 Å². The van der Waals surface area contributed by atoms with E-state index in [2.05, 4.69) is 10.3 Å². The standard InChI is InChI=1S/C19H24ClFN6O4S/c1-27-8-16(23-10-27)12-6-14(17(21)15(20)7-12)18(28)25-26-32(30,31)9-11-3-2-4-13(5-11)24-19(22)29/h6-8,10-11,13,26H,2-5,9H2,1H3,(H,25,28)(H3,22,24,29). The molecule has 1 aliphatic carbocycles. The van der Waals surface area contributed by atoms with Gasteiger partial charge in [-0.15, -0.1) is 4.83 Å². The minimum absolute atomic E-state index is 0.193. The highest BCUT2D eigenvalue weighted by molar-refractivity contribution is 7.89. The number of primary amides is 1. The molecule has 1 fully saturated rings. The zero-order valence-corrected chi connectivity index (χ0v) is 18.8. The van der Waals surface area contributed by atoms with E-state index in [1.54, 1.807) is 17.8 Å². The van der Waals surface area contributed by atoms with Gasteiger partial charge in [-0.2, -0.15) is 0 Å². The van der Waals surface area contributed by atoms with E-state index in [1.807, 2.05) is 10.3 Å². The first-order valence-corrected chi connectivity index (χ1v) is 11.9. The molecule has 3 amide bonds. The number of hydrogen-bond acceptors (Lipinski definition) is 5. The van der Waals surface area contributed by atoms with Crippen molar-refractivity contribution >= 4 is 33.6 Å². The van der Waals surface area contributed by atoms with Crippen LogP contribution in [0.4, 0.5) is 9.18 Å². The lowest BCUT2D eigenvalue weighted by molar-refractivity contribution is 0.0941. The Morgan fingerprint density at radius 3 is 2.75 bits per heavy atom. The summed E-state index contributed by atoms with van der Waals surface area (Å²) in [5.41, 5.74) is 7.61. The van der Waals surface area contributed by atoms with E-state index in [0.29, 0.717) is 24.1 Å². The van der Waals surface area contributed by atoms with Crippen molar-refractivity contribution in [2.75, 3.05) is 5.75 Å². The normalized spacial score (nSPS) is 18.8. The fourth-order valence-corrected chi connectivity index (χ4v) is 5.26. The molecule has 10 nitrogen and oxygen atoms in total. The molecule has 32 heavy (non-hydrogen) atoms. The first-order chi connectivity index (χ1) is 15.0. The second-order valence-electron chi connectivity index (χ2n) is 7.82. The summed E-state index contributed by atoms with van der Waals surface area (Å²) >= 11 is 5.92. The fourth-order valence-electron chi connectivity index (χ4n) is 3.78. The maximum atomic E-state index is 14.5. The van der Waals surface area contributed by atoms with Gasteiger partial charge in [0, 0.05) is 24.8 Å². The monoisotopic (exact) mass is 486 g/mol. The lowest BCUT2D eigenvalue weighted by Crippen LogP contribution is -2.46. The van der Waals surface area contributed by atoms with Crippen molar-refractivity contribution < 1.29 is 22.4 Å². The predicted molar refractivity (Wildman–Crippen MR) is 116 cm³/mol. The maximum Gasteiger partial charge on any atom is 0.312 e. The average molecular weight is 487 g/mol. The van der Waals surface area contributed by atoms with Gasteiger partial charge in [0.2, 0.25) is 10.0 Å². The van der Waals surface area contributed by atoms with Crippen LogP contribution in [0.25, 0.3) is 11.3 Å². The molecule has 3 rings (SSSR count). The third-order valence-electron chi connectivity index (χ3n) is 5.18. The third-order valence-corrected chi connectivity index (χ3v) is 6.78. The molecule has 0 bridgehead atoms. The summed E-state index contributed by atoms with van der Waals surface area (Å²) in [4.78, 5) is 29.7. The quantitative estimate of drug-likeness (QED) is 0.439. The maximum absolute atomic E-state index is 14.5. The van der Waals surface area contributed by atoms with Crippen molar-refractivity contribution in [3.8, 4) is 11.3 Å². The Kier molecular flexibility index (Phi) is 7.36. The van der Waals surface area contributed by atoms with Crippen LogP contribution < -0.4 is 21.3 Å². The molecular formula is C19H24ClFN6O4S. The molecule has 0 aliphatic heterocycles. The zero-order valence-electron chi connectivity index (χ0n) is 17.3. The Balaban J connectivity index is 1.65. The Bertz CT molecular complexity index is 1120. The smallest absolute Gasteiger partial charge is 0.312 e. The number of imidazole rings is 1. The van der Waals surface area contributed by atoms with Crippen molar-refractivity contribution in [3.05, 3.63) is 41.1 Å². The number of hydrogen-bond donors (Lipinski definition) is 4. The number of nitrogens with zero attached hydrogens (tertiary/aromatic N) is 2. The lowest BCUT2D eigenvalue weighted by atomic mass is 9.87. The molecule has 0 saturated heterocycles. The van der Waals surface area contributed by atoms with E-state index >= 15 is 0 Å². The van der Waals surface area contributed by atoms with Gasteiger partial charge in [0.15, 0.2) is 5.82 Å². The van der Waals surface area contributed by atoms with E-state index in [0.717, 1.165) is 12.8 Å². The molecule has 1 aliphatic rings. The average Bonchev–Trinajstić information content (AvgIpc) is 3.14. The van der Waals surface area contributed by atoms with Crippen LogP contribution in [0.15, 0.2) is 24.7 Å². The lowest BCUT2D eigenvalue weighted by Gasteiger charge is -2.29. The summed E-state index contributed by atoms with van der Waals surface area (Å²) in [6.45, 7) is 0. The number of carbonyl (C=O) groups is 2. The van der Waals surface area contributed by atoms with Crippen LogP contribution in [0.1, 0.15) is 36.0 Å². The van der Waals surface area contributed by atoms with Crippen molar-refractivity contribution in [1.82, 2.24) is 25.1 Å². The number of amides is 3. The van der Waals surface area contributed by atoms with Gasteiger partial charge >= 0.3 is 6.03 Å². The van der Waals surface area contributed by atoms with Crippen LogP contribution in [0, 0.1) is 11.7 Å². The molecule has 2 aromatic rings. The molecule has 1 saturated carbocycles. The molecule has 0 spiro atoms.